The van der Waals surface area contributed by atoms with Crippen molar-refractivity contribution in [3.05, 3.63) is 22.5 Å². The van der Waals surface area contributed by atoms with Gasteiger partial charge in [-0.25, -0.2) is 4.79 Å². The second kappa shape index (κ2) is 7.06. The molecule has 1 atom stereocenters. The number of amides is 1. The molecule has 8 heteroatoms. The lowest BCUT2D eigenvalue weighted by atomic mass is 10.2. The quantitative estimate of drug-likeness (QED) is 0.592. The molecule has 0 spiro atoms. The molecule has 2 N–H and O–H groups in total. The molecule has 0 fully saturated rings. The van der Waals surface area contributed by atoms with E-state index in [0.29, 0.717) is 16.4 Å². The van der Waals surface area contributed by atoms with Gasteiger partial charge >= 0.3 is 5.97 Å². The molecule has 0 saturated carbocycles. The van der Waals surface area contributed by atoms with Crippen molar-refractivity contribution < 1.29 is 19.4 Å². The second-order valence-electron chi connectivity index (χ2n) is 4.01. The van der Waals surface area contributed by atoms with E-state index in [9.17, 15) is 9.59 Å². The number of esters is 1. The van der Waals surface area contributed by atoms with Crippen molar-refractivity contribution >= 4 is 29.6 Å². The number of nitrogens with zero attached hydrogens (tertiary/aromatic N) is 2. The highest BCUT2D eigenvalue weighted by molar-refractivity contribution is 6.31. The maximum Gasteiger partial charge on any atom is 0.330 e. The number of aryl methyl sites for hydroxylation is 2. The summed E-state index contributed by atoms with van der Waals surface area (Å²) in [6.07, 6.45) is 2.70. The fraction of sp³-hybridized carbons (Fsp3) is 0.417. The molecular weight excluding hydrogens is 286 g/mol. The molecule has 1 aromatic rings. The molecular formula is C12H16ClN3O4. The summed E-state index contributed by atoms with van der Waals surface area (Å²) in [7, 11) is 2.86. The van der Waals surface area contributed by atoms with Crippen molar-refractivity contribution in [2.75, 3.05) is 13.7 Å². The van der Waals surface area contributed by atoms with E-state index < -0.39 is 24.5 Å². The first-order chi connectivity index (χ1) is 9.40. The number of hydrogen-bond donors (Lipinski definition) is 2. The van der Waals surface area contributed by atoms with Crippen molar-refractivity contribution in [3.63, 3.8) is 0 Å². The predicted octanol–water partition coefficient (Wildman–Crippen LogP) is 0.0452. The first-order valence-electron chi connectivity index (χ1n) is 5.77. The van der Waals surface area contributed by atoms with Crippen molar-refractivity contribution in [1.29, 1.82) is 0 Å². The van der Waals surface area contributed by atoms with E-state index >= 15 is 0 Å². The molecule has 0 aliphatic heterocycles. The smallest absolute Gasteiger partial charge is 0.330 e. The van der Waals surface area contributed by atoms with Gasteiger partial charge in [0.1, 0.15) is 5.15 Å². The molecule has 1 unspecified atom stereocenters. The van der Waals surface area contributed by atoms with Crippen LogP contribution in [0.1, 0.15) is 11.3 Å². The van der Waals surface area contributed by atoms with E-state index in [1.807, 2.05) is 0 Å². The molecule has 1 aromatic heterocycles. The highest BCUT2D eigenvalue weighted by atomic mass is 35.5. The molecule has 0 aliphatic carbocycles. The lowest BCUT2D eigenvalue weighted by Crippen LogP contribution is -2.43. The standard InChI is InChI=1S/C12H16ClN3O4/c1-7-8(11(13)16(2)15-7)4-5-10(18)14-9(6-17)12(19)20-3/h4-5,9,17H,6H2,1-3H3,(H,14,18)/b5-4+. The molecule has 7 nitrogen and oxygen atoms in total. The minimum atomic E-state index is -1.09. The fourth-order valence-electron chi connectivity index (χ4n) is 1.54. The molecule has 1 heterocycles. The summed E-state index contributed by atoms with van der Waals surface area (Å²) in [6, 6.07) is -1.09. The number of aliphatic hydroxyl groups is 1. The number of aliphatic hydroxyl groups excluding tert-OH is 1. The minimum Gasteiger partial charge on any atom is -0.467 e. The number of methoxy groups -OCH3 is 1. The Morgan fingerprint density at radius 3 is 2.70 bits per heavy atom. The van der Waals surface area contributed by atoms with Crippen LogP contribution in [0.15, 0.2) is 6.08 Å². The molecule has 0 radical (unpaired) electrons. The van der Waals surface area contributed by atoms with Gasteiger partial charge in [-0.15, -0.1) is 0 Å². The van der Waals surface area contributed by atoms with E-state index in [-0.39, 0.29) is 0 Å². The van der Waals surface area contributed by atoms with Gasteiger partial charge in [-0.2, -0.15) is 5.10 Å². The van der Waals surface area contributed by atoms with Gasteiger partial charge in [0, 0.05) is 18.7 Å². The van der Waals surface area contributed by atoms with Crippen molar-refractivity contribution in [1.82, 2.24) is 15.1 Å². The summed E-state index contributed by atoms with van der Waals surface area (Å²) in [5, 5.41) is 15.8. The molecule has 1 rings (SSSR count). The van der Waals surface area contributed by atoms with E-state index in [0.717, 1.165) is 0 Å². The van der Waals surface area contributed by atoms with Gasteiger partial charge in [0.15, 0.2) is 6.04 Å². The van der Waals surface area contributed by atoms with Gasteiger partial charge in [-0.3, -0.25) is 9.48 Å². The topological polar surface area (TPSA) is 93.4 Å². The van der Waals surface area contributed by atoms with Crippen LogP contribution in [0.25, 0.3) is 6.08 Å². The van der Waals surface area contributed by atoms with Crippen LogP contribution in [-0.4, -0.2) is 46.5 Å². The summed E-state index contributed by atoms with van der Waals surface area (Å²) in [5.74, 6) is -1.27. The number of halogens is 1. The second-order valence-corrected chi connectivity index (χ2v) is 4.37. The normalized spacial score (nSPS) is 12.4. The van der Waals surface area contributed by atoms with Crippen LogP contribution >= 0.6 is 11.6 Å². The Balaban J connectivity index is 2.75. The van der Waals surface area contributed by atoms with E-state index in [4.69, 9.17) is 16.7 Å². The molecule has 0 saturated heterocycles. The summed E-state index contributed by atoms with van der Waals surface area (Å²) >= 11 is 6.01. The number of ether oxygens (including phenoxy) is 1. The molecule has 0 bridgehead atoms. The number of carbonyl (C=O) groups is 2. The number of carbonyl (C=O) groups excluding carboxylic acids is 2. The van der Waals surface area contributed by atoms with Gasteiger partial charge in [0.05, 0.1) is 19.4 Å². The fourth-order valence-corrected chi connectivity index (χ4v) is 1.77. The van der Waals surface area contributed by atoms with Crippen LogP contribution in [0.5, 0.6) is 0 Å². The zero-order chi connectivity index (χ0) is 15.3. The number of nitrogens with one attached hydrogen (secondary N) is 1. The maximum atomic E-state index is 11.6. The average molecular weight is 302 g/mol. The third-order valence-electron chi connectivity index (χ3n) is 2.58. The highest BCUT2D eigenvalue weighted by Crippen LogP contribution is 2.19. The van der Waals surface area contributed by atoms with Crippen molar-refractivity contribution in [3.8, 4) is 0 Å². The Hall–Kier alpha value is -1.86. The van der Waals surface area contributed by atoms with Crippen LogP contribution < -0.4 is 5.32 Å². The lowest BCUT2D eigenvalue weighted by molar-refractivity contribution is -0.145. The zero-order valence-electron chi connectivity index (χ0n) is 11.4. The number of aromatic nitrogens is 2. The van der Waals surface area contributed by atoms with Crippen molar-refractivity contribution in [2.24, 2.45) is 7.05 Å². The molecule has 110 valence electrons. The van der Waals surface area contributed by atoms with Crippen LogP contribution in [0.3, 0.4) is 0 Å². The predicted molar refractivity (Wildman–Crippen MR) is 73.0 cm³/mol. The zero-order valence-corrected chi connectivity index (χ0v) is 12.1. The van der Waals surface area contributed by atoms with Gasteiger partial charge in [-0.05, 0) is 13.0 Å². The van der Waals surface area contributed by atoms with Crippen molar-refractivity contribution in [2.45, 2.75) is 13.0 Å². The summed E-state index contributed by atoms with van der Waals surface area (Å²) < 4.78 is 5.92. The first kappa shape index (κ1) is 16.2. The monoisotopic (exact) mass is 301 g/mol. The maximum absolute atomic E-state index is 11.6. The number of hydrogen-bond acceptors (Lipinski definition) is 5. The largest absolute Gasteiger partial charge is 0.467 e. The summed E-state index contributed by atoms with van der Waals surface area (Å²) in [6.45, 7) is 1.22. The lowest BCUT2D eigenvalue weighted by Gasteiger charge is -2.11. The van der Waals surface area contributed by atoms with E-state index in [1.54, 1.807) is 14.0 Å². The third-order valence-corrected chi connectivity index (χ3v) is 3.03. The SMILES string of the molecule is COC(=O)C(CO)NC(=O)/C=C/c1c(C)nn(C)c1Cl. The van der Waals surface area contributed by atoms with E-state index in [1.165, 1.54) is 23.9 Å². The Morgan fingerprint density at radius 2 is 2.25 bits per heavy atom. The Bertz CT molecular complexity index is 539. The molecule has 1 amide bonds. The third kappa shape index (κ3) is 3.82. The Morgan fingerprint density at radius 1 is 1.60 bits per heavy atom. The Labute approximate surface area is 121 Å². The summed E-state index contributed by atoms with van der Waals surface area (Å²) in [4.78, 5) is 22.9. The Kier molecular flexibility index (Phi) is 5.72. The average Bonchev–Trinajstić information content (AvgIpc) is 2.66. The summed E-state index contributed by atoms with van der Waals surface area (Å²) in [5.41, 5.74) is 1.29. The van der Waals surface area contributed by atoms with Crippen LogP contribution in [0, 0.1) is 6.92 Å². The van der Waals surface area contributed by atoms with Gasteiger partial charge < -0.3 is 15.2 Å². The van der Waals surface area contributed by atoms with Crippen LogP contribution in [-0.2, 0) is 21.4 Å². The van der Waals surface area contributed by atoms with Gasteiger partial charge in [-0.1, -0.05) is 11.6 Å². The van der Waals surface area contributed by atoms with Crippen LogP contribution in [0.4, 0.5) is 0 Å². The first-order valence-corrected chi connectivity index (χ1v) is 6.14. The van der Waals surface area contributed by atoms with Gasteiger partial charge in [0.2, 0.25) is 5.91 Å². The van der Waals surface area contributed by atoms with Crippen LogP contribution in [0.2, 0.25) is 5.15 Å². The number of rotatable bonds is 5. The minimum absolute atomic E-state index is 0.401. The van der Waals surface area contributed by atoms with E-state index in [2.05, 4.69) is 15.2 Å². The molecule has 20 heavy (non-hydrogen) atoms. The van der Waals surface area contributed by atoms with Gasteiger partial charge in [0.25, 0.3) is 0 Å². The molecule has 0 aliphatic rings. The highest BCUT2D eigenvalue weighted by Gasteiger charge is 2.19. The molecule has 0 aromatic carbocycles.